The van der Waals surface area contributed by atoms with Crippen molar-refractivity contribution < 1.29 is 27.1 Å². The number of rotatable bonds is 4. The molecule has 0 bridgehead atoms. The molecule has 1 unspecified atom stereocenters. The number of amides is 1. The smallest absolute Gasteiger partial charge is 0.387 e. The molecule has 1 aliphatic rings. The maximum atomic E-state index is 13.6. The Bertz CT molecular complexity index is 835. The van der Waals surface area contributed by atoms with Gasteiger partial charge in [-0.3, -0.25) is 10.1 Å². The second-order valence-electron chi connectivity index (χ2n) is 5.22. The van der Waals surface area contributed by atoms with E-state index in [1.54, 1.807) is 0 Å². The molecule has 1 amide bonds. The minimum Gasteiger partial charge on any atom is -0.435 e. The Labute approximate surface area is 139 Å². The van der Waals surface area contributed by atoms with Gasteiger partial charge in [-0.2, -0.15) is 8.78 Å². The third-order valence-corrected chi connectivity index (χ3v) is 3.64. The van der Waals surface area contributed by atoms with Gasteiger partial charge in [-0.05, 0) is 35.4 Å². The lowest BCUT2D eigenvalue weighted by atomic mass is 9.83. The average Bonchev–Trinajstić information content (AvgIpc) is 2.82. The zero-order chi connectivity index (χ0) is 18.2. The number of nitrogens with zero attached hydrogens (tertiary/aromatic N) is 1. The number of halogens is 4. The maximum Gasteiger partial charge on any atom is 0.387 e. The summed E-state index contributed by atoms with van der Waals surface area (Å²) in [6.07, 6.45) is 0. The van der Waals surface area contributed by atoms with Gasteiger partial charge in [0.25, 0.3) is 5.91 Å². The van der Waals surface area contributed by atoms with Crippen molar-refractivity contribution in [3.05, 3.63) is 65.2 Å². The van der Waals surface area contributed by atoms with Gasteiger partial charge in [0.15, 0.2) is 11.5 Å². The van der Waals surface area contributed by atoms with Gasteiger partial charge in [0, 0.05) is 6.07 Å². The number of hydrogen-bond acceptors (Lipinski definition) is 4. The number of nitrogens with two attached hydrogens (primary N) is 1. The summed E-state index contributed by atoms with van der Waals surface area (Å²) < 4.78 is 56.0. The highest BCUT2D eigenvalue weighted by Crippen LogP contribution is 2.38. The van der Waals surface area contributed by atoms with Crippen molar-refractivity contribution in [2.75, 3.05) is 0 Å². The Morgan fingerprint density at radius 3 is 2.12 bits per heavy atom. The summed E-state index contributed by atoms with van der Waals surface area (Å²) in [6, 6.07) is 7.52. The summed E-state index contributed by atoms with van der Waals surface area (Å²) in [7, 11) is 0. The van der Waals surface area contributed by atoms with Crippen LogP contribution in [0, 0.1) is 11.6 Å². The number of guanidine groups is 1. The van der Waals surface area contributed by atoms with Crippen LogP contribution in [0.3, 0.4) is 0 Å². The number of carbonyl (C=O) groups is 1. The molecule has 1 heterocycles. The third kappa shape index (κ3) is 3.00. The van der Waals surface area contributed by atoms with Gasteiger partial charge in [-0.25, -0.2) is 13.8 Å². The van der Waals surface area contributed by atoms with E-state index >= 15 is 0 Å². The Morgan fingerprint density at radius 1 is 1.04 bits per heavy atom. The highest BCUT2D eigenvalue weighted by atomic mass is 19.3. The number of benzene rings is 2. The Morgan fingerprint density at radius 2 is 1.64 bits per heavy atom. The fraction of sp³-hybridized carbons (Fsp3) is 0.125. The van der Waals surface area contributed by atoms with E-state index in [-0.39, 0.29) is 22.8 Å². The monoisotopic (exact) mass is 353 g/mol. The molecule has 9 heteroatoms. The first-order valence-electron chi connectivity index (χ1n) is 7.00. The fourth-order valence-corrected chi connectivity index (χ4v) is 2.66. The SMILES string of the molecule is NC1=NC(c2ccc(OC(F)F)cc2)(c2cc(F)cc(F)c2)C(=O)N1. The first-order chi connectivity index (χ1) is 11.8. The highest BCUT2D eigenvalue weighted by molar-refractivity contribution is 6.09. The van der Waals surface area contributed by atoms with Crippen LogP contribution in [0.15, 0.2) is 47.5 Å². The van der Waals surface area contributed by atoms with E-state index in [2.05, 4.69) is 15.0 Å². The molecule has 1 atom stereocenters. The van der Waals surface area contributed by atoms with E-state index in [0.29, 0.717) is 6.07 Å². The minimum absolute atomic E-state index is 0.0922. The second kappa shape index (κ2) is 6.08. The standard InChI is InChI=1S/C16H11F4N3O2/c17-10-5-9(6-11(18)7-10)16(13(24)22-15(21)23-16)8-1-3-12(4-2-8)25-14(19)20/h1-7,14H,(H3,21,22,23,24). The first-order valence-corrected chi connectivity index (χ1v) is 7.00. The molecule has 2 aromatic carbocycles. The molecule has 0 aromatic heterocycles. The van der Waals surface area contributed by atoms with Crippen molar-refractivity contribution in [3.8, 4) is 5.75 Å². The minimum atomic E-state index is -3.01. The average molecular weight is 353 g/mol. The van der Waals surface area contributed by atoms with Crippen molar-refractivity contribution in [2.24, 2.45) is 10.7 Å². The van der Waals surface area contributed by atoms with Gasteiger partial charge in [-0.15, -0.1) is 0 Å². The number of nitrogens with one attached hydrogen (secondary N) is 1. The van der Waals surface area contributed by atoms with Crippen LogP contribution in [0.4, 0.5) is 17.6 Å². The molecule has 0 aliphatic carbocycles. The van der Waals surface area contributed by atoms with Crippen LogP contribution in [0.25, 0.3) is 0 Å². The van der Waals surface area contributed by atoms with Crippen LogP contribution in [-0.2, 0) is 10.3 Å². The van der Waals surface area contributed by atoms with Gasteiger partial charge in [0.2, 0.25) is 0 Å². The van der Waals surface area contributed by atoms with Crippen molar-refractivity contribution >= 4 is 11.9 Å². The van der Waals surface area contributed by atoms with Crippen molar-refractivity contribution in [2.45, 2.75) is 12.2 Å². The zero-order valence-electron chi connectivity index (χ0n) is 12.5. The normalized spacial score (nSPS) is 19.7. The van der Waals surface area contributed by atoms with Gasteiger partial charge in [0.05, 0.1) is 0 Å². The van der Waals surface area contributed by atoms with Crippen molar-refractivity contribution in [1.29, 1.82) is 0 Å². The van der Waals surface area contributed by atoms with E-state index in [4.69, 9.17) is 5.73 Å². The van der Waals surface area contributed by atoms with Crippen LogP contribution >= 0.6 is 0 Å². The van der Waals surface area contributed by atoms with Crippen LogP contribution in [0.1, 0.15) is 11.1 Å². The molecule has 3 N–H and O–H groups in total. The molecule has 25 heavy (non-hydrogen) atoms. The van der Waals surface area contributed by atoms with Crippen LogP contribution in [-0.4, -0.2) is 18.5 Å². The Kier molecular flexibility index (Phi) is 4.07. The topological polar surface area (TPSA) is 76.7 Å². The summed E-state index contributed by atoms with van der Waals surface area (Å²) in [5.74, 6) is -2.91. The molecule has 0 radical (unpaired) electrons. The number of aliphatic imine (C=N–C) groups is 1. The highest BCUT2D eigenvalue weighted by Gasteiger charge is 2.47. The zero-order valence-corrected chi connectivity index (χ0v) is 12.5. The molecule has 0 saturated carbocycles. The van der Waals surface area contributed by atoms with E-state index < -0.39 is 29.7 Å². The van der Waals surface area contributed by atoms with E-state index in [1.807, 2.05) is 0 Å². The van der Waals surface area contributed by atoms with Crippen molar-refractivity contribution in [3.63, 3.8) is 0 Å². The number of hydrogen-bond donors (Lipinski definition) is 2. The quantitative estimate of drug-likeness (QED) is 0.828. The van der Waals surface area contributed by atoms with E-state index in [9.17, 15) is 22.4 Å². The Balaban J connectivity index is 2.15. The summed E-state index contributed by atoms with van der Waals surface area (Å²) in [6.45, 7) is -3.01. The molecule has 1 aliphatic heterocycles. The number of ether oxygens (including phenoxy) is 1. The summed E-state index contributed by atoms with van der Waals surface area (Å²) in [5, 5.41) is 2.28. The third-order valence-electron chi connectivity index (χ3n) is 3.64. The van der Waals surface area contributed by atoms with Gasteiger partial charge < -0.3 is 10.5 Å². The predicted octanol–water partition coefficient (Wildman–Crippen LogP) is 2.25. The molecule has 0 spiro atoms. The lowest BCUT2D eigenvalue weighted by Crippen LogP contribution is -2.39. The first kappa shape index (κ1) is 16.7. The molecule has 130 valence electrons. The van der Waals surface area contributed by atoms with Crippen LogP contribution in [0.5, 0.6) is 5.75 Å². The molecular formula is C16H11F4N3O2. The molecule has 0 fully saturated rings. The van der Waals surface area contributed by atoms with Crippen LogP contribution in [0.2, 0.25) is 0 Å². The molecular weight excluding hydrogens is 342 g/mol. The second-order valence-corrected chi connectivity index (χ2v) is 5.22. The van der Waals surface area contributed by atoms with Gasteiger partial charge in [0.1, 0.15) is 17.4 Å². The summed E-state index contributed by atoms with van der Waals surface area (Å²) in [4.78, 5) is 16.5. The summed E-state index contributed by atoms with van der Waals surface area (Å²) >= 11 is 0. The number of carbonyl (C=O) groups excluding carboxylic acids is 1. The molecule has 2 aromatic rings. The van der Waals surface area contributed by atoms with Crippen LogP contribution < -0.4 is 15.8 Å². The molecule has 3 rings (SSSR count). The van der Waals surface area contributed by atoms with Gasteiger partial charge in [-0.1, -0.05) is 12.1 Å². The van der Waals surface area contributed by atoms with E-state index in [1.165, 1.54) is 24.3 Å². The summed E-state index contributed by atoms with van der Waals surface area (Å²) in [5.41, 5.74) is 3.80. The Hall–Kier alpha value is -3.10. The molecule has 5 nitrogen and oxygen atoms in total. The maximum absolute atomic E-state index is 13.6. The lowest BCUT2D eigenvalue weighted by molar-refractivity contribution is -0.122. The molecule has 0 saturated heterocycles. The fourth-order valence-electron chi connectivity index (χ4n) is 2.66. The van der Waals surface area contributed by atoms with Crippen molar-refractivity contribution in [1.82, 2.24) is 5.32 Å². The lowest BCUT2D eigenvalue weighted by Gasteiger charge is -2.24. The largest absolute Gasteiger partial charge is 0.435 e. The predicted molar refractivity (Wildman–Crippen MR) is 80.0 cm³/mol. The van der Waals surface area contributed by atoms with Gasteiger partial charge >= 0.3 is 6.61 Å². The number of alkyl halides is 2. The van der Waals surface area contributed by atoms with E-state index in [0.717, 1.165) is 12.1 Å².